The second-order valence-corrected chi connectivity index (χ2v) is 4.67. The molecule has 1 heterocycles. The van der Waals surface area contributed by atoms with Crippen LogP contribution in [0, 0.1) is 6.92 Å². The van der Waals surface area contributed by atoms with E-state index in [-0.39, 0.29) is 0 Å². The maximum Gasteiger partial charge on any atom is 0.0435 e. The Labute approximate surface area is 96.2 Å². The Morgan fingerprint density at radius 3 is 2.80 bits per heavy atom. The van der Waals surface area contributed by atoms with Crippen LogP contribution in [0.15, 0.2) is 18.2 Å². The number of halogens is 1. The number of nitrogens with zero attached hydrogens (tertiary/aromatic N) is 1. The molecule has 1 aliphatic rings. The average molecular weight is 225 g/mol. The van der Waals surface area contributed by atoms with Crippen LogP contribution in [0.4, 0.5) is 0 Å². The number of aryl methyl sites for hydroxylation is 1. The van der Waals surface area contributed by atoms with E-state index in [1.54, 1.807) is 0 Å². The lowest BCUT2D eigenvalue weighted by molar-refractivity contribution is 0.124. The molecule has 2 nitrogen and oxygen atoms in total. The summed E-state index contributed by atoms with van der Waals surface area (Å²) in [4.78, 5) is 2.43. The minimum Gasteiger partial charge on any atom is -0.315 e. The van der Waals surface area contributed by atoms with Crippen LogP contribution in [-0.4, -0.2) is 31.1 Å². The third kappa shape index (κ3) is 2.51. The van der Waals surface area contributed by atoms with Crippen LogP contribution in [0.1, 0.15) is 11.1 Å². The summed E-state index contributed by atoms with van der Waals surface area (Å²) in [6.45, 7) is 5.39. The number of likely N-dealkylation sites (N-methyl/N-ethyl adjacent to an activating group) is 1. The zero-order chi connectivity index (χ0) is 10.8. The Hall–Kier alpha value is -0.570. The van der Waals surface area contributed by atoms with Crippen LogP contribution in [0.5, 0.6) is 0 Å². The summed E-state index contributed by atoms with van der Waals surface area (Å²) < 4.78 is 0. The largest absolute Gasteiger partial charge is 0.315 e. The van der Waals surface area contributed by atoms with Crippen LogP contribution in [-0.2, 0) is 6.54 Å². The van der Waals surface area contributed by atoms with Crippen LogP contribution >= 0.6 is 11.6 Å². The van der Waals surface area contributed by atoms with Crippen molar-refractivity contribution in [3.63, 3.8) is 0 Å². The monoisotopic (exact) mass is 224 g/mol. The summed E-state index contributed by atoms with van der Waals surface area (Å²) in [5.74, 6) is 0. The van der Waals surface area contributed by atoms with Gasteiger partial charge in [-0.25, -0.2) is 0 Å². The third-order valence-electron chi connectivity index (χ3n) is 2.99. The Morgan fingerprint density at radius 2 is 2.20 bits per heavy atom. The molecule has 0 amide bonds. The maximum absolute atomic E-state index is 5.99. The number of rotatable bonds is 3. The van der Waals surface area contributed by atoms with E-state index < -0.39 is 0 Å². The predicted molar refractivity (Wildman–Crippen MR) is 64.3 cm³/mol. The second kappa shape index (κ2) is 4.52. The van der Waals surface area contributed by atoms with Gasteiger partial charge in [0.2, 0.25) is 0 Å². The maximum atomic E-state index is 5.99. The fraction of sp³-hybridized carbons (Fsp3) is 0.500. The molecule has 1 aromatic carbocycles. The first-order valence-corrected chi connectivity index (χ1v) is 5.71. The molecule has 0 saturated carbocycles. The summed E-state index contributed by atoms with van der Waals surface area (Å²) in [5.41, 5.74) is 2.52. The molecular formula is C12H17ClN2. The van der Waals surface area contributed by atoms with E-state index in [1.807, 2.05) is 13.1 Å². The van der Waals surface area contributed by atoms with Gasteiger partial charge in [-0.2, -0.15) is 0 Å². The van der Waals surface area contributed by atoms with Crippen molar-refractivity contribution in [3.8, 4) is 0 Å². The zero-order valence-electron chi connectivity index (χ0n) is 9.26. The molecular weight excluding hydrogens is 208 g/mol. The van der Waals surface area contributed by atoms with E-state index in [0.29, 0.717) is 6.04 Å². The number of likely N-dealkylation sites (tertiary alicyclic amines) is 1. The summed E-state index contributed by atoms with van der Waals surface area (Å²) in [5, 5.41) is 4.13. The smallest absolute Gasteiger partial charge is 0.0435 e. The van der Waals surface area contributed by atoms with Crippen molar-refractivity contribution in [2.45, 2.75) is 19.5 Å². The third-order valence-corrected chi connectivity index (χ3v) is 3.42. The Balaban J connectivity index is 1.92. The molecule has 1 aliphatic heterocycles. The number of nitrogens with one attached hydrogen (secondary N) is 1. The van der Waals surface area contributed by atoms with Gasteiger partial charge in [0.25, 0.3) is 0 Å². The Morgan fingerprint density at radius 1 is 1.47 bits per heavy atom. The first-order chi connectivity index (χ1) is 7.19. The minimum atomic E-state index is 0.679. The molecule has 0 aliphatic carbocycles. The number of hydrogen-bond acceptors (Lipinski definition) is 2. The van der Waals surface area contributed by atoms with Gasteiger partial charge in [-0.3, -0.25) is 4.90 Å². The van der Waals surface area contributed by atoms with Gasteiger partial charge in [0.1, 0.15) is 0 Å². The molecule has 0 atom stereocenters. The van der Waals surface area contributed by atoms with Gasteiger partial charge >= 0.3 is 0 Å². The zero-order valence-corrected chi connectivity index (χ0v) is 10.0. The van der Waals surface area contributed by atoms with Gasteiger partial charge in [-0.05, 0) is 31.2 Å². The van der Waals surface area contributed by atoms with Gasteiger partial charge in [0.15, 0.2) is 0 Å². The SMILES string of the molecule is CNC1CN(Cc2ccc(Cl)c(C)c2)C1. The highest BCUT2D eigenvalue weighted by atomic mass is 35.5. The number of benzene rings is 1. The van der Waals surface area contributed by atoms with Crippen molar-refractivity contribution >= 4 is 11.6 Å². The Bertz CT molecular complexity index is 345. The van der Waals surface area contributed by atoms with Gasteiger partial charge in [-0.1, -0.05) is 23.7 Å². The van der Waals surface area contributed by atoms with Crippen molar-refractivity contribution in [2.75, 3.05) is 20.1 Å². The van der Waals surface area contributed by atoms with E-state index in [4.69, 9.17) is 11.6 Å². The highest BCUT2D eigenvalue weighted by Gasteiger charge is 2.24. The minimum absolute atomic E-state index is 0.679. The van der Waals surface area contributed by atoms with Crippen LogP contribution in [0.2, 0.25) is 5.02 Å². The van der Waals surface area contributed by atoms with E-state index in [0.717, 1.165) is 24.7 Å². The Kier molecular flexibility index (Phi) is 3.29. The fourth-order valence-corrected chi connectivity index (χ4v) is 2.06. The van der Waals surface area contributed by atoms with Crippen molar-refractivity contribution < 1.29 is 0 Å². The first kappa shape index (κ1) is 10.9. The van der Waals surface area contributed by atoms with E-state index in [2.05, 4.69) is 29.3 Å². The molecule has 2 rings (SSSR count). The van der Waals surface area contributed by atoms with Gasteiger partial charge in [0.05, 0.1) is 0 Å². The second-order valence-electron chi connectivity index (χ2n) is 4.26. The highest BCUT2D eigenvalue weighted by Crippen LogP contribution is 2.19. The van der Waals surface area contributed by atoms with Gasteiger partial charge in [-0.15, -0.1) is 0 Å². The van der Waals surface area contributed by atoms with Crippen LogP contribution in [0.3, 0.4) is 0 Å². The van der Waals surface area contributed by atoms with Crippen LogP contribution < -0.4 is 5.32 Å². The van der Waals surface area contributed by atoms with E-state index in [9.17, 15) is 0 Å². The van der Waals surface area contributed by atoms with Gasteiger partial charge in [0, 0.05) is 30.7 Å². The molecule has 1 saturated heterocycles. The molecule has 1 aromatic rings. The van der Waals surface area contributed by atoms with E-state index in [1.165, 1.54) is 11.1 Å². The quantitative estimate of drug-likeness (QED) is 0.846. The van der Waals surface area contributed by atoms with Crippen molar-refractivity contribution in [2.24, 2.45) is 0 Å². The van der Waals surface area contributed by atoms with Crippen LogP contribution in [0.25, 0.3) is 0 Å². The fourth-order valence-electron chi connectivity index (χ4n) is 1.94. The summed E-state index contributed by atoms with van der Waals surface area (Å²) in [6.07, 6.45) is 0. The van der Waals surface area contributed by atoms with Gasteiger partial charge < -0.3 is 5.32 Å². The molecule has 3 heteroatoms. The average Bonchev–Trinajstić information content (AvgIpc) is 2.16. The summed E-state index contributed by atoms with van der Waals surface area (Å²) in [7, 11) is 2.02. The molecule has 1 fully saturated rings. The molecule has 15 heavy (non-hydrogen) atoms. The summed E-state index contributed by atoms with van der Waals surface area (Å²) >= 11 is 5.99. The predicted octanol–water partition coefficient (Wildman–Crippen LogP) is 2.05. The molecule has 0 unspecified atom stereocenters. The first-order valence-electron chi connectivity index (χ1n) is 5.33. The molecule has 0 radical (unpaired) electrons. The van der Waals surface area contributed by atoms with Crippen molar-refractivity contribution in [3.05, 3.63) is 34.3 Å². The lowest BCUT2D eigenvalue weighted by Gasteiger charge is -2.39. The standard InChI is InChI=1S/C12H17ClN2/c1-9-5-10(3-4-12(9)13)6-15-7-11(8-15)14-2/h3-5,11,14H,6-8H2,1-2H3. The molecule has 0 spiro atoms. The lowest BCUT2D eigenvalue weighted by Crippen LogP contribution is -2.56. The molecule has 1 N–H and O–H groups in total. The molecule has 0 bridgehead atoms. The highest BCUT2D eigenvalue weighted by molar-refractivity contribution is 6.31. The number of hydrogen-bond donors (Lipinski definition) is 1. The molecule has 0 aromatic heterocycles. The topological polar surface area (TPSA) is 15.3 Å². The molecule has 82 valence electrons. The lowest BCUT2D eigenvalue weighted by atomic mass is 10.1. The normalized spacial score (nSPS) is 17.8. The van der Waals surface area contributed by atoms with E-state index >= 15 is 0 Å². The van der Waals surface area contributed by atoms with Crippen molar-refractivity contribution in [1.29, 1.82) is 0 Å². The van der Waals surface area contributed by atoms with Crippen molar-refractivity contribution in [1.82, 2.24) is 10.2 Å². The summed E-state index contributed by atoms with van der Waals surface area (Å²) in [6, 6.07) is 6.96.